The van der Waals surface area contributed by atoms with E-state index in [0.717, 1.165) is 40.0 Å². The molecule has 0 N–H and O–H groups in total. The average Bonchev–Trinajstić information content (AvgIpc) is 3.14. The Labute approximate surface area is 289 Å². The molecule has 1 unspecified atom stereocenters. The highest BCUT2D eigenvalue weighted by Gasteiger charge is 2.45. The van der Waals surface area contributed by atoms with E-state index in [4.69, 9.17) is 15.0 Å². The van der Waals surface area contributed by atoms with Crippen LogP contribution in [0.5, 0.6) is 0 Å². The van der Waals surface area contributed by atoms with Crippen LogP contribution in [-0.2, 0) is 5.41 Å². The van der Waals surface area contributed by atoms with Gasteiger partial charge in [0.1, 0.15) is 0 Å². The van der Waals surface area contributed by atoms with Crippen molar-refractivity contribution in [3.05, 3.63) is 139 Å². The van der Waals surface area contributed by atoms with Crippen molar-refractivity contribution in [2.24, 2.45) is 17.8 Å². The van der Waals surface area contributed by atoms with Crippen LogP contribution in [0, 0.1) is 29.1 Å². The van der Waals surface area contributed by atoms with E-state index in [9.17, 15) is 5.26 Å². The molecule has 1 heterocycles. The summed E-state index contributed by atoms with van der Waals surface area (Å²) in [6, 6.07) is 46.3. The Hall–Kier alpha value is -5.40. The Morgan fingerprint density at radius 1 is 0.490 bits per heavy atom. The lowest BCUT2D eigenvalue weighted by Gasteiger charge is -2.50. The maximum absolute atomic E-state index is 9.25. The fourth-order valence-electron chi connectivity index (χ4n) is 8.79. The number of nitriles is 1. The molecule has 8 rings (SSSR count). The second-order valence-corrected chi connectivity index (χ2v) is 14.5. The molecule has 4 atom stereocenters. The SMILES string of the molecule is C[C@@H]1C[C@@H]2C[C@H](C)CC(c3ccc(-c4ccc(-c5ccc(-c6nc(-c7ccccc7)nc(-c7ccc(C#N)cc7)n6)cc5)cc4)cc3)(C1)C2. The molecule has 2 saturated carbocycles. The number of fused-ring (bicyclic) bond motifs is 2. The predicted octanol–water partition coefficient (Wildman–Crippen LogP) is 11.2. The van der Waals surface area contributed by atoms with E-state index >= 15 is 0 Å². The maximum Gasteiger partial charge on any atom is 0.164 e. The van der Waals surface area contributed by atoms with Crippen LogP contribution in [0.4, 0.5) is 0 Å². The van der Waals surface area contributed by atoms with E-state index in [-0.39, 0.29) is 0 Å². The Bertz CT molecular complexity index is 2090. The molecule has 0 saturated heterocycles. The second-order valence-electron chi connectivity index (χ2n) is 14.5. The van der Waals surface area contributed by atoms with Crippen LogP contribution >= 0.6 is 0 Å². The van der Waals surface area contributed by atoms with Gasteiger partial charge in [0.05, 0.1) is 11.6 Å². The molecule has 240 valence electrons. The minimum absolute atomic E-state index is 0.365. The largest absolute Gasteiger partial charge is 0.208 e. The lowest BCUT2D eigenvalue weighted by Crippen LogP contribution is -2.42. The summed E-state index contributed by atoms with van der Waals surface area (Å²) >= 11 is 0. The number of benzene rings is 5. The Balaban J connectivity index is 1.04. The minimum atomic E-state index is 0.365. The van der Waals surface area contributed by atoms with Gasteiger partial charge in [-0.3, -0.25) is 0 Å². The molecule has 0 spiro atoms. The molecule has 4 nitrogen and oxygen atoms in total. The van der Waals surface area contributed by atoms with Gasteiger partial charge in [-0.25, -0.2) is 15.0 Å². The second kappa shape index (κ2) is 12.9. The number of hydrogen-bond donors (Lipinski definition) is 0. The first-order valence-electron chi connectivity index (χ1n) is 17.6. The van der Waals surface area contributed by atoms with E-state index in [0.29, 0.717) is 28.5 Å². The first-order valence-corrected chi connectivity index (χ1v) is 17.6. The van der Waals surface area contributed by atoms with Crippen LogP contribution in [0.2, 0.25) is 0 Å². The van der Waals surface area contributed by atoms with E-state index in [1.807, 2.05) is 42.5 Å². The van der Waals surface area contributed by atoms with E-state index in [1.165, 1.54) is 48.8 Å². The molecule has 2 aliphatic rings. The molecule has 2 bridgehead atoms. The Morgan fingerprint density at radius 3 is 1.33 bits per heavy atom. The molecule has 4 heteroatoms. The maximum atomic E-state index is 9.25. The summed E-state index contributed by atoms with van der Waals surface area (Å²) in [4.78, 5) is 14.5. The molecule has 0 aliphatic heterocycles. The molecule has 49 heavy (non-hydrogen) atoms. The predicted molar refractivity (Wildman–Crippen MR) is 198 cm³/mol. The molecule has 5 aromatic carbocycles. The van der Waals surface area contributed by atoms with Crippen LogP contribution in [0.3, 0.4) is 0 Å². The average molecular weight is 637 g/mol. The highest BCUT2D eigenvalue weighted by Crippen LogP contribution is 2.54. The summed E-state index contributed by atoms with van der Waals surface area (Å²) in [6.07, 6.45) is 6.86. The Kier molecular flexibility index (Phi) is 8.14. The van der Waals surface area contributed by atoms with Gasteiger partial charge in [-0.15, -0.1) is 0 Å². The molecule has 2 aliphatic carbocycles. The molecule has 6 aromatic rings. The highest BCUT2D eigenvalue weighted by atomic mass is 15.0. The number of aromatic nitrogens is 3. The normalized spacial score (nSPS) is 21.5. The van der Waals surface area contributed by atoms with Gasteiger partial charge >= 0.3 is 0 Å². The van der Waals surface area contributed by atoms with Crippen molar-refractivity contribution in [2.45, 2.75) is 51.4 Å². The van der Waals surface area contributed by atoms with Crippen molar-refractivity contribution in [2.75, 3.05) is 0 Å². The van der Waals surface area contributed by atoms with Gasteiger partial charge in [0.15, 0.2) is 17.5 Å². The van der Waals surface area contributed by atoms with E-state index in [2.05, 4.69) is 92.7 Å². The molecule has 2 fully saturated rings. The Morgan fingerprint density at radius 2 is 0.878 bits per heavy atom. The summed E-state index contributed by atoms with van der Waals surface area (Å²) in [5, 5.41) is 9.25. The van der Waals surface area contributed by atoms with Gasteiger partial charge in [0, 0.05) is 16.7 Å². The quantitative estimate of drug-likeness (QED) is 0.182. The lowest BCUT2D eigenvalue weighted by atomic mass is 9.54. The van der Waals surface area contributed by atoms with Gasteiger partial charge in [-0.2, -0.15) is 5.26 Å². The zero-order chi connectivity index (χ0) is 33.4. The van der Waals surface area contributed by atoms with Gasteiger partial charge < -0.3 is 0 Å². The summed E-state index contributed by atoms with van der Waals surface area (Å²) < 4.78 is 0. The fraction of sp³-hybridized carbons (Fsp3) is 0.244. The van der Waals surface area contributed by atoms with Crippen molar-refractivity contribution in [1.29, 1.82) is 5.26 Å². The van der Waals surface area contributed by atoms with Crippen LogP contribution in [0.25, 0.3) is 56.4 Å². The third-order valence-electron chi connectivity index (χ3n) is 10.8. The van der Waals surface area contributed by atoms with Crippen molar-refractivity contribution in [3.8, 4) is 62.5 Å². The zero-order valence-electron chi connectivity index (χ0n) is 28.2. The van der Waals surface area contributed by atoms with Crippen molar-refractivity contribution in [3.63, 3.8) is 0 Å². The lowest BCUT2D eigenvalue weighted by molar-refractivity contribution is 0.0780. The summed E-state index contributed by atoms with van der Waals surface area (Å²) in [5.74, 6) is 4.34. The van der Waals surface area contributed by atoms with Crippen LogP contribution in [0.1, 0.15) is 57.1 Å². The van der Waals surface area contributed by atoms with Crippen molar-refractivity contribution < 1.29 is 0 Å². The first kappa shape index (κ1) is 30.9. The van der Waals surface area contributed by atoms with Crippen molar-refractivity contribution >= 4 is 0 Å². The van der Waals surface area contributed by atoms with Gasteiger partial charge in [0.25, 0.3) is 0 Å². The molecule has 1 aromatic heterocycles. The number of nitrogens with zero attached hydrogens (tertiary/aromatic N) is 4. The summed E-state index contributed by atoms with van der Waals surface area (Å²) in [7, 11) is 0. The topological polar surface area (TPSA) is 62.5 Å². The van der Waals surface area contributed by atoms with Gasteiger partial charge in [-0.1, -0.05) is 117 Å². The van der Waals surface area contributed by atoms with Crippen LogP contribution in [0.15, 0.2) is 127 Å². The zero-order valence-corrected chi connectivity index (χ0v) is 28.2. The molecule has 0 amide bonds. The molecular weight excluding hydrogens is 597 g/mol. The summed E-state index contributed by atoms with van der Waals surface area (Å²) in [5.41, 5.74) is 10.0. The number of hydrogen-bond acceptors (Lipinski definition) is 4. The van der Waals surface area contributed by atoms with Crippen LogP contribution in [-0.4, -0.2) is 15.0 Å². The minimum Gasteiger partial charge on any atom is -0.208 e. The molecular formula is C45H40N4. The van der Waals surface area contributed by atoms with Gasteiger partial charge in [0.2, 0.25) is 0 Å². The monoisotopic (exact) mass is 636 g/mol. The standard InChI is InChI=1S/C45H40N4/c1-30-24-33-25-31(2)27-45(26-30,28-33)41-22-20-37(21-23-41)35-14-12-34(13-15-35)36-16-18-40(19-17-36)44-48-42(38-6-4-3-5-7-38)47-43(49-44)39-10-8-32(29-46)9-11-39/h3-23,30-31,33H,24-28H2,1-2H3/t30-,31+,33-,45?. The smallest absolute Gasteiger partial charge is 0.164 e. The first-order chi connectivity index (χ1) is 23.9. The molecule has 0 radical (unpaired) electrons. The third-order valence-corrected chi connectivity index (χ3v) is 10.8. The van der Waals surface area contributed by atoms with Crippen LogP contribution < -0.4 is 0 Å². The summed E-state index contributed by atoms with van der Waals surface area (Å²) in [6.45, 7) is 4.92. The van der Waals surface area contributed by atoms with Crippen molar-refractivity contribution in [1.82, 2.24) is 15.0 Å². The third kappa shape index (κ3) is 6.30. The van der Waals surface area contributed by atoms with E-state index < -0.39 is 0 Å². The fourth-order valence-corrected chi connectivity index (χ4v) is 8.79. The highest BCUT2D eigenvalue weighted by molar-refractivity contribution is 5.73. The van der Waals surface area contributed by atoms with Gasteiger partial charge in [-0.05, 0) is 107 Å². The number of rotatable bonds is 6. The van der Waals surface area contributed by atoms with E-state index in [1.54, 1.807) is 17.7 Å².